The summed E-state index contributed by atoms with van der Waals surface area (Å²) in [5.74, 6) is 0.341. The van der Waals surface area contributed by atoms with Crippen LogP contribution >= 0.6 is 0 Å². The molecule has 17 heavy (non-hydrogen) atoms. The molecule has 2 aliphatic rings. The zero-order valence-corrected chi connectivity index (χ0v) is 10.7. The predicted octanol–water partition coefficient (Wildman–Crippen LogP) is 1.08. The normalized spacial score (nSPS) is 34.3. The van der Waals surface area contributed by atoms with Crippen LogP contribution in [-0.2, 0) is 9.59 Å². The second kappa shape index (κ2) is 4.17. The third-order valence-electron chi connectivity index (χ3n) is 3.87. The number of hydrogen-bond donors (Lipinski definition) is 1. The Morgan fingerprint density at radius 1 is 1.47 bits per heavy atom. The van der Waals surface area contributed by atoms with Crippen LogP contribution in [0.2, 0.25) is 0 Å². The first-order valence-corrected chi connectivity index (χ1v) is 6.25. The maximum absolute atomic E-state index is 12.5. The fourth-order valence-corrected chi connectivity index (χ4v) is 2.43. The highest BCUT2D eigenvalue weighted by atomic mass is 16.2. The number of piperazine rings is 1. The minimum atomic E-state index is -0.675. The summed E-state index contributed by atoms with van der Waals surface area (Å²) >= 11 is 0. The van der Waals surface area contributed by atoms with Crippen LogP contribution in [0.1, 0.15) is 33.6 Å². The topological polar surface area (TPSA) is 49.4 Å². The minimum absolute atomic E-state index is 0.0384. The van der Waals surface area contributed by atoms with Crippen LogP contribution in [-0.4, -0.2) is 34.8 Å². The van der Waals surface area contributed by atoms with Crippen LogP contribution in [0.5, 0.6) is 0 Å². The molecule has 0 radical (unpaired) electrons. The molecule has 2 atom stereocenters. The minimum Gasteiger partial charge on any atom is -0.340 e. The van der Waals surface area contributed by atoms with Crippen molar-refractivity contribution in [3.63, 3.8) is 0 Å². The smallest absolute Gasteiger partial charge is 0.249 e. The lowest BCUT2D eigenvalue weighted by atomic mass is 9.89. The molecule has 2 amide bonds. The SMILES string of the molecule is C/C=C/CN1C(=O)C(C)(C2CC2)NC(=O)C1C. The van der Waals surface area contributed by atoms with Gasteiger partial charge < -0.3 is 10.2 Å². The second-order valence-corrected chi connectivity index (χ2v) is 5.17. The lowest BCUT2D eigenvalue weighted by Crippen LogP contribution is -2.69. The molecule has 2 rings (SSSR count). The number of carbonyl (C=O) groups excluding carboxylic acids is 2. The Balaban J connectivity index is 2.23. The van der Waals surface area contributed by atoms with E-state index in [0.717, 1.165) is 12.8 Å². The Bertz CT molecular complexity index is 374. The van der Waals surface area contributed by atoms with Gasteiger partial charge in [-0.25, -0.2) is 0 Å². The molecule has 1 heterocycles. The van der Waals surface area contributed by atoms with Crippen molar-refractivity contribution in [3.8, 4) is 0 Å². The second-order valence-electron chi connectivity index (χ2n) is 5.17. The van der Waals surface area contributed by atoms with Gasteiger partial charge in [0.05, 0.1) is 0 Å². The van der Waals surface area contributed by atoms with Gasteiger partial charge in [0.1, 0.15) is 11.6 Å². The molecule has 2 unspecified atom stereocenters. The van der Waals surface area contributed by atoms with E-state index in [1.807, 2.05) is 26.0 Å². The molecule has 0 aromatic rings. The molecule has 0 aromatic carbocycles. The summed E-state index contributed by atoms with van der Waals surface area (Å²) in [5, 5.41) is 2.91. The number of amides is 2. The first kappa shape index (κ1) is 12.1. The molecule has 0 spiro atoms. The van der Waals surface area contributed by atoms with Crippen LogP contribution in [0.4, 0.5) is 0 Å². The summed E-state index contributed by atoms with van der Waals surface area (Å²) in [5.41, 5.74) is -0.675. The van der Waals surface area contributed by atoms with Crippen molar-refractivity contribution in [2.45, 2.75) is 45.2 Å². The molecule has 4 heteroatoms. The van der Waals surface area contributed by atoms with Gasteiger partial charge in [-0.3, -0.25) is 9.59 Å². The van der Waals surface area contributed by atoms with Gasteiger partial charge in [-0.05, 0) is 39.5 Å². The molecule has 1 N–H and O–H groups in total. The molecule has 94 valence electrons. The summed E-state index contributed by atoms with van der Waals surface area (Å²) in [6.45, 7) is 6.08. The van der Waals surface area contributed by atoms with Crippen LogP contribution in [0.15, 0.2) is 12.2 Å². The van der Waals surface area contributed by atoms with E-state index < -0.39 is 5.54 Å². The average Bonchev–Trinajstić information content (AvgIpc) is 3.11. The van der Waals surface area contributed by atoms with Gasteiger partial charge in [0, 0.05) is 6.54 Å². The van der Waals surface area contributed by atoms with Crippen molar-refractivity contribution in [1.82, 2.24) is 10.2 Å². The Labute approximate surface area is 102 Å². The maximum atomic E-state index is 12.5. The number of hydrogen-bond acceptors (Lipinski definition) is 2. The number of carbonyl (C=O) groups is 2. The molecule has 2 fully saturated rings. The molecule has 0 bridgehead atoms. The standard InChI is InChI=1S/C13H20N2O2/c1-4-5-8-15-9(2)11(16)14-13(3,12(15)17)10-6-7-10/h4-5,9-10H,6-8H2,1-3H3,(H,14,16)/b5-4+. The van der Waals surface area contributed by atoms with Crippen molar-refractivity contribution < 1.29 is 9.59 Å². The van der Waals surface area contributed by atoms with Crippen LogP contribution < -0.4 is 5.32 Å². The third-order valence-corrected chi connectivity index (χ3v) is 3.87. The summed E-state index contributed by atoms with van der Waals surface area (Å²) in [4.78, 5) is 26.1. The van der Waals surface area contributed by atoms with Gasteiger partial charge in [-0.15, -0.1) is 0 Å². The van der Waals surface area contributed by atoms with E-state index in [-0.39, 0.29) is 17.9 Å². The van der Waals surface area contributed by atoms with Gasteiger partial charge >= 0.3 is 0 Å². The quantitative estimate of drug-likeness (QED) is 0.745. The Kier molecular flexibility index (Phi) is 2.98. The zero-order chi connectivity index (χ0) is 12.6. The van der Waals surface area contributed by atoms with Gasteiger partial charge in [0.15, 0.2) is 0 Å². The lowest BCUT2D eigenvalue weighted by molar-refractivity contribution is -0.153. The van der Waals surface area contributed by atoms with E-state index in [2.05, 4.69) is 5.32 Å². The van der Waals surface area contributed by atoms with Gasteiger partial charge in [0.25, 0.3) is 0 Å². The Morgan fingerprint density at radius 2 is 2.12 bits per heavy atom. The Hall–Kier alpha value is -1.32. The molecule has 1 saturated carbocycles. The number of allylic oxidation sites excluding steroid dienone is 1. The van der Waals surface area contributed by atoms with E-state index in [0.29, 0.717) is 12.5 Å². The van der Waals surface area contributed by atoms with Crippen molar-refractivity contribution in [1.29, 1.82) is 0 Å². The maximum Gasteiger partial charge on any atom is 0.249 e. The number of rotatable bonds is 3. The lowest BCUT2D eigenvalue weighted by Gasteiger charge is -2.43. The van der Waals surface area contributed by atoms with E-state index in [4.69, 9.17) is 0 Å². The first-order chi connectivity index (χ1) is 8.00. The fraction of sp³-hybridized carbons (Fsp3) is 0.692. The fourth-order valence-electron chi connectivity index (χ4n) is 2.43. The van der Waals surface area contributed by atoms with Crippen LogP contribution in [0.3, 0.4) is 0 Å². The van der Waals surface area contributed by atoms with E-state index in [9.17, 15) is 9.59 Å². The van der Waals surface area contributed by atoms with Crippen molar-refractivity contribution >= 4 is 11.8 Å². The molecule has 0 aromatic heterocycles. The highest BCUT2D eigenvalue weighted by Gasteiger charge is 2.54. The van der Waals surface area contributed by atoms with Gasteiger partial charge in [0.2, 0.25) is 11.8 Å². The van der Waals surface area contributed by atoms with Gasteiger partial charge in [-0.1, -0.05) is 12.2 Å². The molecular weight excluding hydrogens is 216 g/mol. The summed E-state index contributed by atoms with van der Waals surface area (Å²) in [6, 6.07) is -0.370. The molecule has 4 nitrogen and oxygen atoms in total. The highest BCUT2D eigenvalue weighted by Crippen LogP contribution is 2.42. The van der Waals surface area contributed by atoms with Crippen molar-refractivity contribution in [2.24, 2.45) is 5.92 Å². The van der Waals surface area contributed by atoms with E-state index in [1.165, 1.54) is 0 Å². The summed E-state index contributed by atoms with van der Waals surface area (Å²) < 4.78 is 0. The molecule has 1 aliphatic heterocycles. The largest absolute Gasteiger partial charge is 0.340 e. The number of nitrogens with zero attached hydrogens (tertiary/aromatic N) is 1. The average molecular weight is 236 g/mol. The van der Waals surface area contributed by atoms with Gasteiger partial charge in [-0.2, -0.15) is 0 Å². The zero-order valence-electron chi connectivity index (χ0n) is 10.7. The van der Waals surface area contributed by atoms with Crippen LogP contribution in [0, 0.1) is 5.92 Å². The summed E-state index contributed by atoms with van der Waals surface area (Å²) in [7, 11) is 0. The molecule has 1 aliphatic carbocycles. The monoisotopic (exact) mass is 236 g/mol. The molecule has 1 saturated heterocycles. The number of nitrogens with one attached hydrogen (secondary N) is 1. The van der Waals surface area contributed by atoms with Crippen molar-refractivity contribution in [2.75, 3.05) is 6.54 Å². The highest BCUT2D eigenvalue weighted by molar-refractivity contribution is 5.99. The van der Waals surface area contributed by atoms with Crippen molar-refractivity contribution in [3.05, 3.63) is 12.2 Å². The third kappa shape index (κ3) is 1.96. The Morgan fingerprint density at radius 3 is 2.65 bits per heavy atom. The van der Waals surface area contributed by atoms with E-state index >= 15 is 0 Å². The van der Waals surface area contributed by atoms with E-state index in [1.54, 1.807) is 11.8 Å². The molecular formula is C13H20N2O2. The first-order valence-electron chi connectivity index (χ1n) is 6.25. The van der Waals surface area contributed by atoms with Crippen LogP contribution in [0.25, 0.3) is 0 Å². The summed E-state index contributed by atoms with van der Waals surface area (Å²) in [6.07, 6.45) is 5.89. The predicted molar refractivity (Wildman–Crippen MR) is 65.3 cm³/mol.